The Labute approximate surface area is 179 Å². The van der Waals surface area contributed by atoms with Gasteiger partial charge in [0, 0.05) is 28.4 Å². The number of amides is 2. The zero-order valence-corrected chi connectivity index (χ0v) is 17.1. The summed E-state index contributed by atoms with van der Waals surface area (Å²) in [5, 5.41) is 2.79. The van der Waals surface area contributed by atoms with Crippen molar-refractivity contribution in [2.75, 3.05) is 22.5 Å². The van der Waals surface area contributed by atoms with Gasteiger partial charge in [-0.05, 0) is 73.0 Å². The molecule has 0 saturated heterocycles. The first-order chi connectivity index (χ1) is 14.6. The molecule has 3 aromatic rings. The highest BCUT2D eigenvalue weighted by atomic mass is 32.2. The molecule has 3 aromatic carbocycles. The van der Waals surface area contributed by atoms with Crippen LogP contribution in [-0.2, 0) is 11.2 Å². The minimum Gasteiger partial charge on any atom is -0.322 e. The summed E-state index contributed by atoms with van der Waals surface area (Å²) in [5.74, 6) is -0.221. The quantitative estimate of drug-likeness (QED) is 0.581. The molecule has 0 radical (unpaired) electrons. The molecule has 0 aromatic heterocycles. The number of anilines is 2. The third kappa shape index (κ3) is 4.71. The number of hydrogen-bond acceptors (Lipinski definition) is 3. The molecule has 152 valence electrons. The van der Waals surface area contributed by atoms with Crippen molar-refractivity contribution in [3.63, 3.8) is 0 Å². The van der Waals surface area contributed by atoms with Gasteiger partial charge in [-0.25, -0.2) is 4.39 Å². The third-order valence-corrected chi connectivity index (χ3v) is 5.99. The second kappa shape index (κ2) is 9.13. The van der Waals surface area contributed by atoms with Crippen LogP contribution in [0.5, 0.6) is 0 Å². The number of nitrogens with zero attached hydrogens (tertiary/aromatic N) is 1. The predicted molar refractivity (Wildman–Crippen MR) is 119 cm³/mol. The molecule has 0 atom stereocenters. The maximum atomic E-state index is 13.0. The first-order valence-corrected chi connectivity index (χ1v) is 10.8. The molecule has 2 amide bonds. The number of carbonyl (C=O) groups is 2. The first kappa shape index (κ1) is 20.2. The number of aryl methyl sites for hydroxylation is 1. The van der Waals surface area contributed by atoms with E-state index in [4.69, 9.17) is 0 Å². The minimum atomic E-state index is -0.379. The SMILES string of the molecule is O=C(Nc1ccc(SCC(=O)N2CCCc3ccccc32)cc1)c1ccc(F)cc1. The van der Waals surface area contributed by atoms with E-state index in [1.165, 1.54) is 41.6 Å². The van der Waals surface area contributed by atoms with Crippen LogP contribution in [0, 0.1) is 5.82 Å². The van der Waals surface area contributed by atoms with Crippen LogP contribution in [0.3, 0.4) is 0 Å². The fourth-order valence-electron chi connectivity index (χ4n) is 3.45. The van der Waals surface area contributed by atoms with Crippen LogP contribution in [0.25, 0.3) is 0 Å². The maximum Gasteiger partial charge on any atom is 0.255 e. The van der Waals surface area contributed by atoms with E-state index in [1.807, 2.05) is 35.2 Å². The molecule has 1 aliphatic heterocycles. The van der Waals surface area contributed by atoms with Crippen LogP contribution in [0.4, 0.5) is 15.8 Å². The lowest BCUT2D eigenvalue weighted by molar-refractivity contribution is -0.116. The smallest absolute Gasteiger partial charge is 0.255 e. The number of nitrogens with one attached hydrogen (secondary N) is 1. The summed E-state index contributed by atoms with van der Waals surface area (Å²) in [6.45, 7) is 0.755. The largest absolute Gasteiger partial charge is 0.322 e. The molecule has 1 heterocycles. The average molecular weight is 421 g/mol. The molecule has 1 N–H and O–H groups in total. The number of rotatable bonds is 5. The predicted octanol–water partition coefficient (Wildman–Crippen LogP) is 5.15. The molecule has 6 heteroatoms. The number of carbonyl (C=O) groups excluding carboxylic acids is 2. The molecule has 0 fully saturated rings. The van der Waals surface area contributed by atoms with Gasteiger partial charge in [0.25, 0.3) is 5.91 Å². The molecule has 0 unspecified atom stereocenters. The van der Waals surface area contributed by atoms with Crippen LogP contribution in [-0.4, -0.2) is 24.1 Å². The Morgan fingerprint density at radius 3 is 2.47 bits per heavy atom. The Kier molecular flexibility index (Phi) is 6.14. The zero-order chi connectivity index (χ0) is 20.9. The molecular weight excluding hydrogens is 399 g/mol. The second-order valence-electron chi connectivity index (χ2n) is 7.05. The van der Waals surface area contributed by atoms with E-state index in [0.717, 1.165) is 30.0 Å². The summed E-state index contributed by atoms with van der Waals surface area (Å²) in [7, 11) is 0. The van der Waals surface area contributed by atoms with E-state index in [2.05, 4.69) is 11.4 Å². The normalized spacial score (nSPS) is 12.9. The monoisotopic (exact) mass is 420 g/mol. The van der Waals surface area contributed by atoms with Gasteiger partial charge < -0.3 is 10.2 Å². The van der Waals surface area contributed by atoms with Gasteiger partial charge in [0.2, 0.25) is 5.91 Å². The number of halogens is 1. The highest BCUT2D eigenvalue weighted by Crippen LogP contribution is 2.28. The van der Waals surface area contributed by atoms with Crippen LogP contribution >= 0.6 is 11.8 Å². The van der Waals surface area contributed by atoms with E-state index < -0.39 is 0 Å². The molecular formula is C24H21FN2O2S. The molecule has 0 saturated carbocycles. The number of thioether (sulfide) groups is 1. The van der Waals surface area contributed by atoms with Gasteiger partial charge in [-0.3, -0.25) is 9.59 Å². The number of hydrogen-bond donors (Lipinski definition) is 1. The number of para-hydroxylation sites is 1. The third-order valence-electron chi connectivity index (χ3n) is 4.99. The van der Waals surface area contributed by atoms with Crippen LogP contribution in [0.1, 0.15) is 22.3 Å². The van der Waals surface area contributed by atoms with Gasteiger partial charge in [0.1, 0.15) is 5.82 Å². The summed E-state index contributed by atoms with van der Waals surface area (Å²) in [5.41, 5.74) is 3.28. The first-order valence-electron chi connectivity index (χ1n) is 9.78. The van der Waals surface area contributed by atoms with Crippen LogP contribution in [0.2, 0.25) is 0 Å². The highest BCUT2D eigenvalue weighted by Gasteiger charge is 2.21. The summed E-state index contributed by atoms with van der Waals surface area (Å²) < 4.78 is 13.0. The molecule has 0 bridgehead atoms. The molecule has 0 spiro atoms. The van der Waals surface area contributed by atoms with Crippen molar-refractivity contribution < 1.29 is 14.0 Å². The fraction of sp³-hybridized carbons (Fsp3) is 0.167. The summed E-state index contributed by atoms with van der Waals surface area (Å²) in [6, 6.07) is 20.8. The average Bonchev–Trinajstić information content (AvgIpc) is 2.78. The van der Waals surface area contributed by atoms with Gasteiger partial charge in [0.05, 0.1) is 5.75 Å². The van der Waals surface area contributed by atoms with Crippen molar-refractivity contribution >= 4 is 35.0 Å². The highest BCUT2D eigenvalue weighted by molar-refractivity contribution is 8.00. The zero-order valence-electron chi connectivity index (χ0n) is 16.3. The summed E-state index contributed by atoms with van der Waals surface area (Å²) in [6.07, 6.45) is 1.99. The Balaban J connectivity index is 1.33. The number of fused-ring (bicyclic) bond motifs is 1. The van der Waals surface area contributed by atoms with E-state index in [9.17, 15) is 14.0 Å². The van der Waals surface area contributed by atoms with Crippen LogP contribution < -0.4 is 10.2 Å². The van der Waals surface area contributed by atoms with Gasteiger partial charge in [-0.15, -0.1) is 11.8 Å². The molecule has 0 aliphatic carbocycles. The van der Waals surface area contributed by atoms with Crippen molar-refractivity contribution in [1.29, 1.82) is 0 Å². The van der Waals surface area contributed by atoms with Gasteiger partial charge in [-0.2, -0.15) is 0 Å². The van der Waals surface area contributed by atoms with E-state index in [0.29, 0.717) is 17.0 Å². The van der Waals surface area contributed by atoms with Crippen molar-refractivity contribution in [2.24, 2.45) is 0 Å². The van der Waals surface area contributed by atoms with E-state index >= 15 is 0 Å². The van der Waals surface area contributed by atoms with Crippen molar-refractivity contribution in [1.82, 2.24) is 0 Å². The van der Waals surface area contributed by atoms with Crippen LogP contribution in [0.15, 0.2) is 77.7 Å². The molecule has 30 heavy (non-hydrogen) atoms. The Morgan fingerprint density at radius 1 is 0.967 bits per heavy atom. The number of benzene rings is 3. The van der Waals surface area contributed by atoms with Crippen molar-refractivity contribution in [2.45, 2.75) is 17.7 Å². The Morgan fingerprint density at radius 2 is 1.70 bits per heavy atom. The lowest BCUT2D eigenvalue weighted by Crippen LogP contribution is -2.36. The minimum absolute atomic E-state index is 0.0980. The Hall–Kier alpha value is -3.12. The molecule has 4 nitrogen and oxygen atoms in total. The van der Waals surface area contributed by atoms with E-state index in [-0.39, 0.29) is 17.6 Å². The summed E-state index contributed by atoms with van der Waals surface area (Å²) in [4.78, 5) is 27.8. The fourth-order valence-corrected chi connectivity index (χ4v) is 4.23. The van der Waals surface area contributed by atoms with Crippen molar-refractivity contribution in [3.05, 3.63) is 89.7 Å². The van der Waals surface area contributed by atoms with Gasteiger partial charge in [0.15, 0.2) is 0 Å². The van der Waals surface area contributed by atoms with Gasteiger partial charge >= 0.3 is 0 Å². The van der Waals surface area contributed by atoms with E-state index in [1.54, 1.807) is 12.1 Å². The van der Waals surface area contributed by atoms with Gasteiger partial charge in [-0.1, -0.05) is 18.2 Å². The lowest BCUT2D eigenvalue weighted by atomic mass is 10.0. The molecule has 1 aliphatic rings. The lowest BCUT2D eigenvalue weighted by Gasteiger charge is -2.29. The summed E-state index contributed by atoms with van der Waals surface area (Å²) >= 11 is 1.48. The maximum absolute atomic E-state index is 13.0. The molecule has 4 rings (SSSR count). The van der Waals surface area contributed by atoms with Crippen molar-refractivity contribution in [3.8, 4) is 0 Å². The second-order valence-corrected chi connectivity index (χ2v) is 8.10. The Bertz CT molecular complexity index is 1050. The topological polar surface area (TPSA) is 49.4 Å². The standard InChI is InChI=1S/C24H21FN2O2S/c25-19-9-7-18(8-10-19)24(29)26-20-11-13-21(14-12-20)30-16-23(28)27-15-3-5-17-4-1-2-6-22(17)27/h1-2,4,6-14H,3,5,15-16H2,(H,26,29).